The van der Waals surface area contributed by atoms with E-state index in [4.69, 9.17) is 11.6 Å². The lowest BCUT2D eigenvalue weighted by Gasteiger charge is -2.28. The second-order valence-electron chi connectivity index (χ2n) is 6.11. The largest absolute Gasteiger partial charge is 0.357 e. The maximum Gasteiger partial charge on any atom is 0.242 e. The molecule has 2 aromatic rings. The molecule has 132 valence electrons. The van der Waals surface area contributed by atoms with Crippen LogP contribution in [0.4, 0.5) is 0 Å². The Morgan fingerprint density at radius 1 is 1.12 bits per heavy atom. The molecule has 0 aliphatic carbocycles. The Hall–Kier alpha value is -2.33. The third kappa shape index (κ3) is 5.33. The fraction of sp³-hybridized carbons (Fsp3) is 0.300. The SMILES string of the molecule is CNC(=O)[C@H](C)N(Cc1cccc(Cl)c1)C(=O)Cc1cccc(C)c1. The van der Waals surface area contributed by atoms with Crippen molar-refractivity contribution in [3.63, 3.8) is 0 Å². The predicted octanol–water partition coefficient (Wildman–Crippen LogP) is 3.35. The Labute approximate surface area is 153 Å². The van der Waals surface area contributed by atoms with Gasteiger partial charge in [-0.15, -0.1) is 0 Å². The Kier molecular flexibility index (Phi) is 6.59. The van der Waals surface area contributed by atoms with E-state index in [1.165, 1.54) is 0 Å². The molecule has 0 spiro atoms. The number of rotatable bonds is 6. The van der Waals surface area contributed by atoms with Crippen LogP contribution in [0.2, 0.25) is 5.02 Å². The molecular weight excluding hydrogens is 336 g/mol. The molecule has 1 N–H and O–H groups in total. The van der Waals surface area contributed by atoms with Crippen LogP contribution >= 0.6 is 11.6 Å². The van der Waals surface area contributed by atoms with E-state index >= 15 is 0 Å². The lowest BCUT2D eigenvalue weighted by Crippen LogP contribution is -2.47. The van der Waals surface area contributed by atoms with Gasteiger partial charge in [0.1, 0.15) is 6.04 Å². The summed E-state index contributed by atoms with van der Waals surface area (Å²) < 4.78 is 0. The molecule has 2 aromatic carbocycles. The predicted molar refractivity (Wildman–Crippen MR) is 100 cm³/mol. The van der Waals surface area contributed by atoms with E-state index in [0.717, 1.165) is 16.7 Å². The maximum atomic E-state index is 12.9. The van der Waals surface area contributed by atoms with Crippen molar-refractivity contribution in [2.45, 2.75) is 32.9 Å². The van der Waals surface area contributed by atoms with Crippen LogP contribution in [0.15, 0.2) is 48.5 Å². The van der Waals surface area contributed by atoms with E-state index in [-0.39, 0.29) is 18.2 Å². The number of nitrogens with one attached hydrogen (secondary N) is 1. The van der Waals surface area contributed by atoms with Gasteiger partial charge in [-0.3, -0.25) is 9.59 Å². The number of hydrogen-bond acceptors (Lipinski definition) is 2. The number of hydrogen-bond donors (Lipinski definition) is 1. The van der Waals surface area contributed by atoms with Gasteiger partial charge in [0.25, 0.3) is 0 Å². The topological polar surface area (TPSA) is 49.4 Å². The summed E-state index contributed by atoms with van der Waals surface area (Å²) in [4.78, 5) is 26.6. The molecule has 0 heterocycles. The molecule has 2 amide bonds. The molecule has 4 nitrogen and oxygen atoms in total. The minimum atomic E-state index is -0.568. The van der Waals surface area contributed by atoms with Crippen LogP contribution in [0, 0.1) is 6.92 Å². The minimum absolute atomic E-state index is 0.0957. The Morgan fingerprint density at radius 3 is 2.44 bits per heavy atom. The van der Waals surface area contributed by atoms with Crippen LogP contribution in [-0.4, -0.2) is 29.8 Å². The Bertz CT molecular complexity index is 761. The van der Waals surface area contributed by atoms with Crippen molar-refractivity contribution in [1.82, 2.24) is 10.2 Å². The highest BCUT2D eigenvalue weighted by atomic mass is 35.5. The van der Waals surface area contributed by atoms with Crippen LogP contribution in [0.25, 0.3) is 0 Å². The van der Waals surface area contributed by atoms with Gasteiger partial charge in [-0.2, -0.15) is 0 Å². The summed E-state index contributed by atoms with van der Waals surface area (Å²) in [5.74, 6) is -0.290. The Morgan fingerprint density at radius 2 is 1.80 bits per heavy atom. The van der Waals surface area contributed by atoms with Gasteiger partial charge in [-0.05, 0) is 37.1 Å². The first-order valence-electron chi connectivity index (χ1n) is 8.21. The maximum absolute atomic E-state index is 12.9. The van der Waals surface area contributed by atoms with E-state index < -0.39 is 6.04 Å². The van der Waals surface area contributed by atoms with Gasteiger partial charge in [0.2, 0.25) is 11.8 Å². The van der Waals surface area contributed by atoms with Crippen molar-refractivity contribution in [2.75, 3.05) is 7.05 Å². The molecule has 0 unspecified atom stereocenters. The first-order valence-corrected chi connectivity index (χ1v) is 8.59. The fourth-order valence-electron chi connectivity index (χ4n) is 2.72. The van der Waals surface area contributed by atoms with Crippen LogP contribution in [0.1, 0.15) is 23.6 Å². The number of carbonyl (C=O) groups excluding carboxylic acids is 2. The van der Waals surface area contributed by atoms with Crippen molar-refractivity contribution < 1.29 is 9.59 Å². The van der Waals surface area contributed by atoms with Crippen LogP contribution < -0.4 is 5.32 Å². The molecule has 0 saturated heterocycles. The second-order valence-corrected chi connectivity index (χ2v) is 6.54. The lowest BCUT2D eigenvalue weighted by molar-refractivity contribution is -0.139. The number of benzene rings is 2. The highest BCUT2D eigenvalue weighted by molar-refractivity contribution is 6.30. The highest BCUT2D eigenvalue weighted by Crippen LogP contribution is 2.16. The number of carbonyl (C=O) groups is 2. The summed E-state index contributed by atoms with van der Waals surface area (Å²) in [6.45, 7) is 4.06. The summed E-state index contributed by atoms with van der Waals surface area (Å²) in [6.07, 6.45) is 0.254. The van der Waals surface area contributed by atoms with Crippen molar-refractivity contribution in [3.8, 4) is 0 Å². The number of amides is 2. The average molecular weight is 359 g/mol. The second kappa shape index (κ2) is 8.67. The van der Waals surface area contributed by atoms with Crippen molar-refractivity contribution in [3.05, 3.63) is 70.2 Å². The molecule has 0 bridgehead atoms. The van der Waals surface area contributed by atoms with Crippen LogP contribution in [0.5, 0.6) is 0 Å². The van der Waals surface area contributed by atoms with Crippen molar-refractivity contribution in [2.24, 2.45) is 0 Å². The molecule has 1 atom stereocenters. The zero-order chi connectivity index (χ0) is 18.4. The average Bonchev–Trinajstić information content (AvgIpc) is 2.58. The smallest absolute Gasteiger partial charge is 0.242 e. The van der Waals surface area contributed by atoms with Gasteiger partial charge in [-0.25, -0.2) is 0 Å². The number of aryl methyl sites for hydroxylation is 1. The molecule has 0 aromatic heterocycles. The van der Waals surface area contributed by atoms with Crippen LogP contribution in [0.3, 0.4) is 0 Å². The van der Waals surface area contributed by atoms with Gasteiger partial charge >= 0.3 is 0 Å². The third-order valence-corrected chi connectivity index (χ3v) is 4.33. The number of likely N-dealkylation sites (N-methyl/N-ethyl adjacent to an activating group) is 1. The van der Waals surface area contributed by atoms with Crippen molar-refractivity contribution >= 4 is 23.4 Å². The minimum Gasteiger partial charge on any atom is -0.357 e. The van der Waals surface area contributed by atoms with Gasteiger partial charge in [0.05, 0.1) is 6.42 Å². The van der Waals surface area contributed by atoms with Gasteiger partial charge in [-0.1, -0.05) is 53.6 Å². The first-order chi connectivity index (χ1) is 11.9. The summed E-state index contributed by atoms with van der Waals surface area (Å²) in [6, 6.07) is 14.6. The molecule has 2 rings (SSSR count). The number of nitrogens with zero attached hydrogens (tertiary/aromatic N) is 1. The quantitative estimate of drug-likeness (QED) is 0.860. The zero-order valence-corrected chi connectivity index (χ0v) is 15.5. The normalized spacial score (nSPS) is 11.7. The number of halogens is 1. The zero-order valence-electron chi connectivity index (χ0n) is 14.8. The fourth-order valence-corrected chi connectivity index (χ4v) is 2.93. The van der Waals surface area contributed by atoms with E-state index in [9.17, 15) is 9.59 Å². The molecule has 0 radical (unpaired) electrons. The van der Waals surface area contributed by atoms with Gasteiger partial charge in [0.15, 0.2) is 0 Å². The standard InChI is InChI=1S/C20H23ClN2O2/c1-14-6-4-7-16(10-14)12-19(24)23(15(2)20(25)22-3)13-17-8-5-9-18(21)11-17/h4-11,15H,12-13H2,1-3H3,(H,22,25)/t15-/m0/s1. The van der Waals surface area contributed by atoms with E-state index in [1.54, 1.807) is 24.9 Å². The van der Waals surface area contributed by atoms with E-state index in [2.05, 4.69) is 5.32 Å². The highest BCUT2D eigenvalue weighted by Gasteiger charge is 2.25. The van der Waals surface area contributed by atoms with Gasteiger partial charge < -0.3 is 10.2 Å². The summed E-state index contributed by atoms with van der Waals surface area (Å²) in [5, 5.41) is 3.22. The monoisotopic (exact) mass is 358 g/mol. The molecule has 0 aliphatic heterocycles. The van der Waals surface area contributed by atoms with E-state index in [1.807, 2.05) is 49.4 Å². The first kappa shape index (κ1) is 19.0. The lowest BCUT2D eigenvalue weighted by atomic mass is 10.1. The van der Waals surface area contributed by atoms with E-state index in [0.29, 0.717) is 11.6 Å². The molecule has 0 aliphatic rings. The molecule has 5 heteroatoms. The van der Waals surface area contributed by atoms with Crippen LogP contribution in [-0.2, 0) is 22.6 Å². The molecule has 0 saturated carbocycles. The molecule has 25 heavy (non-hydrogen) atoms. The third-order valence-electron chi connectivity index (χ3n) is 4.09. The summed E-state index contributed by atoms with van der Waals surface area (Å²) in [7, 11) is 1.57. The molecular formula is C20H23ClN2O2. The van der Waals surface area contributed by atoms with Gasteiger partial charge in [0, 0.05) is 18.6 Å². The summed E-state index contributed by atoms with van der Waals surface area (Å²) in [5.41, 5.74) is 2.93. The Balaban J connectivity index is 2.23. The van der Waals surface area contributed by atoms with Crippen molar-refractivity contribution in [1.29, 1.82) is 0 Å². The summed E-state index contributed by atoms with van der Waals surface area (Å²) >= 11 is 6.04. The molecule has 0 fully saturated rings.